The van der Waals surface area contributed by atoms with Crippen LogP contribution in [-0.4, -0.2) is 26.0 Å². The number of benzene rings is 1. The molecule has 0 unspecified atom stereocenters. The number of carbonyl (C=O) groups is 1. The van der Waals surface area contributed by atoms with Crippen LogP contribution in [0, 0.1) is 11.7 Å². The molecule has 3 nitrogen and oxygen atoms in total. The molecular formula is C15H20FNO2. The first-order chi connectivity index (χ1) is 9.20. The lowest BCUT2D eigenvalue weighted by Gasteiger charge is -2.22. The Bertz CT molecular complexity index is 442. The highest BCUT2D eigenvalue weighted by Crippen LogP contribution is 2.22. The Kier molecular flexibility index (Phi) is 4.91. The van der Waals surface area contributed by atoms with Crippen LogP contribution >= 0.6 is 0 Å². The van der Waals surface area contributed by atoms with Gasteiger partial charge in [-0.05, 0) is 56.5 Å². The molecule has 1 N–H and O–H groups in total. The van der Waals surface area contributed by atoms with Crippen LogP contribution in [0.4, 0.5) is 4.39 Å². The van der Waals surface area contributed by atoms with Crippen molar-refractivity contribution in [1.82, 2.24) is 5.32 Å². The molecular weight excluding hydrogens is 245 g/mol. The average Bonchev–Trinajstić information content (AvgIpc) is 2.45. The summed E-state index contributed by atoms with van der Waals surface area (Å²) in [5.74, 6) is 0.332. The van der Waals surface area contributed by atoms with Crippen molar-refractivity contribution in [3.05, 3.63) is 29.6 Å². The quantitative estimate of drug-likeness (QED) is 0.832. The van der Waals surface area contributed by atoms with Crippen molar-refractivity contribution in [3.8, 4) is 5.75 Å². The summed E-state index contributed by atoms with van der Waals surface area (Å²) in [6.07, 6.45) is 3.65. The maximum atomic E-state index is 13.5. The minimum atomic E-state index is -0.477. The highest BCUT2D eigenvalue weighted by molar-refractivity contribution is 5.96. The molecule has 0 aromatic heterocycles. The van der Waals surface area contributed by atoms with Gasteiger partial charge in [0, 0.05) is 12.0 Å². The molecule has 1 fully saturated rings. The van der Waals surface area contributed by atoms with E-state index in [9.17, 15) is 9.18 Å². The monoisotopic (exact) mass is 265 g/mol. The molecule has 0 spiro atoms. The second-order valence-electron chi connectivity index (χ2n) is 5.00. The molecule has 1 aliphatic rings. The van der Waals surface area contributed by atoms with E-state index in [0.717, 1.165) is 32.4 Å². The maximum Gasteiger partial charge on any atom is 0.165 e. The first kappa shape index (κ1) is 14.0. The van der Waals surface area contributed by atoms with Gasteiger partial charge in [-0.3, -0.25) is 4.79 Å². The standard InChI is InChI=1S/C15H20FNO2/c1-19-15-5-3-12(10-13(15)16)14(18)4-2-11-6-8-17-9-7-11/h3,5,10-11,17H,2,4,6-9H2,1H3. The molecule has 0 saturated carbocycles. The summed E-state index contributed by atoms with van der Waals surface area (Å²) < 4.78 is 18.4. The molecule has 1 aromatic rings. The fraction of sp³-hybridized carbons (Fsp3) is 0.533. The SMILES string of the molecule is COc1ccc(C(=O)CCC2CCNCC2)cc1F. The van der Waals surface area contributed by atoms with Gasteiger partial charge in [-0.2, -0.15) is 0 Å². The zero-order valence-corrected chi connectivity index (χ0v) is 11.2. The summed E-state index contributed by atoms with van der Waals surface area (Å²) in [6, 6.07) is 4.41. The van der Waals surface area contributed by atoms with Gasteiger partial charge in [-0.15, -0.1) is 0 Å². The number of nitrogens with one attached hydrogen (secondary N) is 1. The minimum absolute atomic E-state index is 0.0140. The summed E-state index contributed by atoms with van der Waals surface area (Å²) >= 11 is 0. The predicted octanol–water partition coefficient (Wildman–Crippen LogP) is 2.80. The van der Waals surface area contributed by atoms with Gasteiger partial charge in [0.05, 0.1) is 7.11 Å². The molecule has 1 saturated heterocycles. The lowest BCUT2D eigenvalue weighted by molar-refractivity contribution is 0.0970. The first-order valence-electron chi connectivity index (χ1n) is 6.78. The number of hydrogen-bond acceptors (Lipinski definition) is 3. The van der Waals surface area contributed by atoms with Gasteiger partial charge < -0.3 is 10.1 Å². The fourth-order valence-corrected chi connectivity index (χ4v) is 2.49. The van der Waals surface area contributed by atoms with Gasteiger partial charge in [0.2, 0.25) is 0 Å². The lowest BCUT2D eigenvalue weighted by atomic mass is 9.91. The van der Waals surface area contributed by atoms with Gasteiger partial charge in [-0.1, -0.05) is 0 Å². The molecule has 0 atom stereocenters. The molecule has 104 valence electrons. The van der Waals surface area contributed by atoms with Crippen molar-refractivity contribution >= 4 is 5.78 Å². The molecule has 2 rings (SSSR count). The Morgan fingerprint density at radius 1 is 1.42 bits per heavy atom. The number of piperidine rings is 1. The van der Waals surface area contributed by atoms with Crippen LogP contribution in [0.5, 0.6) is 5.75 Å². The lowest BCUT2D eigenvalue weighted by Crippen LogP contribution is -2.28. The van der Waals surface area contributed by atoms with Crippen LogP contribution in [0.25, 0.3) is 0 Å². The van der Waals surface area contributed by atoms with E-state index in [1.165, 1.54) is 19.2 Å². The smallest absolute Gasteiger partial charge is 0.165 e. The number of carbonyl (C=O) groups excluding carboxylic acids is 1. The third kappa shape index (κ3) is 3.77. The van der Waals surface area contributed by atoms with Gasteiger partial charge in [-0.25, -0.2) is 4.39 Å². The van der Waals surface area contributed by atoms with Crippen LogP contribution in [0.15, 0.2) is 18.2 Å². The number of halogens is 1. The van der Waals surface area contributed by atoms with E-state index >= 15 is 0 Å². The Labute approximate surface area is 113 Å². The number of methoxy groups -OCH3 is 1. The van der Waals surface area contributed by atoms with Crippen molar-refractivity contribution in [2.75, 3.05) is 20.2 Å². The van der Waals surface area contributed by atoms with E-state index < -0.39 is 5.82 Å². The predicted molar refractivity (Wildman–Crippen MR) is 72.1 cm³/mol. The van der Waals surface area contributed by atoms with E-state index in [2.05, 4.69) is 5.32 Å². The van der Waals surface area contributed by atoms with E-state index in [1.54, 1.807) is 6.07 Å². The Balaban J connectivity index is 1.90. The van der Waals surface area contributed by atoms with Crippen LogP contribution in [-0.2, 0) is 0 Å². The highest BCUT2D eigenvalue weighted by atomic mass is 19.1. The molecule has 1 heterocycles. The van der Waals surface area contributed by atoms with E-state index in [4.69, 9.17) is 4.74 Å². The van der Waals surface area contributed by atoms with E-state index in [1.807, 2.05) is 0 Å². The molecule has 1 aromatic carbocycles. The van der Waals surface area contributed by atoms with Crippen molar-refractivity contribution < 1.29 is 13.9 Å². The number of ketones is 1. The number of Topliss-reactive ketones (excluding diaryl/α,β-unsaturated/α-hetero) is 1. The summed E-state index contributed by atoms with van der Waals surface area (Å²) in [5, 5.41) is 3.31. The average molecular weight is 265 g/mol. The van der Waals surface area contributed by atoms with Crippen molar-refractivity contribution in [1.29, 1.82) is 0 Å². The van der Waals surface area contributed by atoms with Gasteiger partial charge in [0.1, 0.15) is 0 Å². The summed E-state index contributed by atoms with van der Waals surface area (Å²) in [6.45, 7) is 2.08. The van der Waals surface area contributed by atoms with Crippen molar-refractivity contribution in [3.63, 3.8) is 0 Å². The van der Waals surface area contributed by atoms with Crippen LogP contribution in [0.3, 0.4) is 0 Å². The van der Waals surface area contributed by atoms with Crippen LogP contribution < -0.4 is 10.1 Å². The fourth-order valence-electron chi connectivity index (χ4n) is 2.49. The molecule has 0 radical (unpaired) electrons. The van der Waals surface area contributed by atoms with Crippen molar-refractivity contribution in [2.45, 2.75) is 25.7 Å². The van der Waals surface area contributed by atoms with Crippen LogP contribution in [0.1, 0.15) is 36.0 Å². The molecule has 0 aliphatic carbocycles. The topological polar surface area (TPSA) is 38.3 Å². The first-order valence-corrected chi connectivity index (χ1v) is 6.78. The molecule has 1 aliphatic heterocycles. The second kappa shape index (κ2) is 6.66. The second-order valence-corrected chi connectivity index (χ2v) is 5.00. The Hall–Kier alpha value is -1.42. The molecule has 0 amide bonds. The zero-order valence-electron chi connectivity index (χ0n) is 11.2. The molecule has 19 heavy (non-hydrogen) atoms. The van der Waals surface area contributed by atoms with Gasteiger partial charge >= 0.3 is 0 Å². The largest absolute Gasteiger partial charge is 0.494 e. The van der Waals surface area contributed by atoms with Gasteiger partial charge in [0.25, 0.3) is 0 Å². The normalized spacial score (nSPS) is 16.3. The molecule has 0 bridgehead atoms. The Morgan fingerprint density at radius 2 is 2.16 bits per heavy atom. The minimum Gasteiger partial charge on any atom is -0.494 e. The highest BCUT2D eigenvalue weighted by Gasteiger charge is 2.16. The van der Waals surface area contributed by atoms with Crippen LogP contribution in [0.2, 0.25) is 0 Å². The van der Waals surface area contributed by atoms with Gasteiger partial charge in [0.15, 0.2) is 17.3 Å². The molecule has 4 heteroatoms. The summed E-state index contributed by atoms with van der Waals surface area (Å²) in [5.41, 5.74) is 0.437. The van der Waals surface area contributed by atoms with E-state index in [0.29, 0.717) is 17.9 Å². The zero-order chi connectivity index (χ0) is 13.7. The number of hydrogen-bond donors (Lipinski definition) is 1. The Morgan fingerprint density at radius 3 is 2.79 bits per heavy atom. The van der Waals surface area contributed by atoms with Crippen molar-refractivity contribution in [2.24, 2.45) is 5.92 Å². The summed E-state index contributed by atoms with van der Waals surface area (Å²) in [7, 11) is 1.41. The number of rotatable bonds is 5. The summed E-state index contributed by atoms with van der Waals surface area (Å²) in [4.78, 5) is 12.0. The number of ether oxygens (including phenoxy) is 1. The third-order valence-electron chi connectivity index (χ3n) is 3.71. The maximum absolute atomic E-state index is 13.5. The third-order valence-corrected chi connectivity index (χ3v) is 3.71. The van der Waals surface area contributed by atoms with E-state index in [-0.39, 0.29) is 11.5 Å².